The number of hydrogen-bond donors (Lipinski definition) is 0. The molecule has 292 valence electrons. The van der Waals surface area contributed by atoms with Crippen molar-refractivity contribution < 1.29 is 4.42 Å². The Hall–Kier alpha value is -8.40. The van der Waals surface area contributed by atoms with Crippen molar-refractivity contribution in [1.29, 1.82) is 0 Å². The summed E-state index contributed by atoms with van der Waals surface area (Å²) in [6.45, 7) is 0. The molecule has 0 N–H and O–H groups in total. The zero-order valence-electron chi connectivity index (χ0n) is 34.1. The summed E-state index contributed by atoms with van der Waals surface area (Å²) in [5.74, 6) is 0. The highest BCUT2D eigenvalue weighted by molar-refractivity contribution is 6.21. The Kier molecular flexibility index (Phi) is 7.11. The van der Waals surface area contributed by atoms with Crippen LogP contribution >= 0.6 is 0 Å². The number of aromatic nitrogens is 1. The van der Waals surface area contributed by atoms with Crippen molar-refractivity contribution in [2.24, 2.45) is 0 Å². The van der Waals surface area contributed by atoms with Crippen LogP contribution in [0.15, 0.2) is 223 Å². The van der Waals surface area contributed by atoms with E-state index in [1.807, 2.05) is 0 Å². The molecule has 0 spiro atoms. The van der Waals surface area contributed by atoms with Crippen molar-refractivity contribution in [1.82, 2.24) is 4.57 Å². The van der Waals surface area contributed by atoms with E-state index in [9.17, 15) is 0 Å². The van der Waals surface area contributed by atoms with Gasteiger partial charge in [-0.25, -0.2) is 0 Å². The molecule has 0 aliphatic rings. The van der Waals surface area contributed by atoms with Crippen LogP contribution in [-0.2, 0) is 0 Å². The lowest BCUT2D eigenvalue weighted by molar-refractivity contribution is 0.672. The molecule has 14 aromatic rings. The van der Waals surface area contributed by atoms with Crippen molar-refractivity contribution in [3.05, 3.63) is 218 Å². The number of fused-ring (bicyclic) bond motifs is 15. The summed E-state index contributed by atoms with van der Waals surface area (Å²) in [6, 6.07) is 80.0. The topological polar surface area (TPSA) is 21.3 Å². The fourth-order valence-electron chi connectivity index (χ4n) is 10.6. The van der Waals surface area contributed by atoms with Crippen molar-refractivity contribution >= 4 is 125 Å². The largest absolute Gasteiger partial charge is 0.455 e. The molecule has 2 heterocycles. The maximum absolute atomic E-state index is 6.80. The van der Waals surface area contributed by atoms with Crippen LogP contribution in [-0.4, -0.2) is 4.57 Å². The van der Waals surface area contributed by atoms with E-state index < -0.39 is 0 Å². The molecular weight excluding hydrogens is 765 g/mol. The average Bonchev–Trinajstić information content (AvgIpc) is 3.89. The highest BCUT2D eigenvalue weighted by atomic mass is 16.3. The van der Waals surface area contributed by atoms with Crippen LogP contribution in [0.5, 0.6) is 0 Å². The maximum atomic E-state index is 6.80. The quantitative estimate of drug-likeness (QED) is 0.165. The number of hydrogen-bond acceptors (Lipinski definition) is 2. The molecule has 0 saturated carbocycles. The van der Waals surface area contributed by atoms with Gasteiger partial charge in [-0.15, -0.1) is 0 Å². The Bertz CT molecular complexity index is 4230. The molecule has 0 atom stereocenters. The van der Waals surface area contributed by atoms with E-state index in [2.05, 4.69) is 228 Å². The molecule has 0 aliphatic carbocycles. The standard InChI is InChI=1S/C60H36N2O/c1-2-15-40-34-57-52(33-39(40)14-1)53-36-44(28-31-54(53)62(57)56-35-41-16-5-7-18-46(41)49-20-9-10-21-50(49)56)61(43-27-30-47-42(32-43)25-24-37-12-3-6-17-45(37)47)55-22-11-23-58-59(55)51-29-26-38-13-4-8-19-48(38)60(51)63-58/h1-36H. The number of nitrogens with zero attached hydrogens (tertiary/aromatic N) is 2. The first-order chi connectivity index (χ1) is 31.2. The Morgan fingerprint density at radius 2 is 0.873 bits per heavy atom. The Balaban J connectivity index is 1.08. The molecule has 0 bridgehead atoms. The minimum atomic E-state index is 0.864. The predicted molar refractivity (Wildman–Crippen MR) is 268 cm³/mol. The van der Waals surface area contributed by atoms with Gasteiger partial charge < -0.3 is 13.9 Å². The molecule has 0 amide bonds. The van der Waals surface area contributed by atoms with Crippen LogP contribution < -0.4 is 4.90 Å². The lowest BCUT2D eigenvalue weighted by atomic mass is 10.00. The van der Waals surface area contributed by atoms with Gasteiger partial charge in [0.2, 0.25) is 0 Å². The smallest absolute Gasteiger partial charge is 0.143 e. The van der Waals surface area contributed by atoms with Gasteiger partial charge in [0, 0.05) is 38.3 Å². The third-order valence-corrected chi connectivity index (χ3v) is 13.5. The first-order valence-corrected chi connectivity index (χ1v) is 21.7. The summed E-state index contributed by atoms with van der Waals surface area (Å²) in [5.41, 5.74) is 8.50. The Morgan fingerprint density at radius 1 is 0.317 bits per heavy atom. The minimum Gasteiger partial charge on any atom is -0.455 e. The zero-order valence-corrected chi connectivity index (χ0v) is 34.1. The molecule has 63 heavy (non-hydrogen) atoms. The fourth-order valence-corrected chi connectivity index (χ4v) is 10.6. The molecular formula is C60H36N2O. The van der Waals surface area contributed by atoms with Gasteiger partial charge in [0.1, 0.15) is 11.2 Å². The van der Waals surface area contributed by atoms with Crippen molar-refractivity contribution in [3.63, 3.8) is 0 Å². The summed E-state index contributed by atoms with van der Waals surface area (Å²) in [6.07, 6.45) is 0. The average molecular weight is 801 g/mol. The Labute approximate surface area is 361 Å². The van der Waals surface area contributed by atoms with Crippen LogP contribution in [0.1, 0.15) is 0 Å². The molecule has 2 aromatic heterocycles. The van der Waals surface area contributed by atoms with Crippen molar-refractivity contribution in [3.8, 4) is 5.69 Å². The summed E-state index contributed by atoms with van der Waals surface area (Å²) >= 11 is 0. The lowest BCUT2D eigenvalue weighted by Crippen LogP contribution is -2.10. The monoisotopic (exact) mass is 800 g/mol. The summed E-state index contributed by atoms with van der Waals surface area (Å²) in [7, 11) is 0. The van der Waals surface area contributed by atoms with Crippen LogP contribution in [0.2, 0.25) is 0 Å². The molecule has 3 heteroatoms. The first-order valence-electron chi connectivity index (χ1n) is 21.7. The lowest BCUT2D eigenvalue weighted by Gasteiger charge is -2.27. The molecule has 14 rings (SSSR count). The van der Waals surface area contributed by atoms with Crippen molar-refractivity contribution in [2.75, 3.05) is 4.90 Å². The van der Waals surface area contributed by atoms with Gasteiger partial charge in [0.25, 0.3) is 0 Å². The van der Waals surface area contributed by atoms with Crippen LogP contribution in [0.4, 0.5) is 17.1 Å². The van der Waals surface area contributed by atoms with Crippen molar-refractivity contribution in [2.45, 2.75) is 0 Å². The maximum Gasteiger partial charge on any atom is 0.143 e. The number of anilines is 3. The third-order valence-electron chi connectivity index (χ3n) is 13.5. The predicted octanol–water partition coefficient (Wildman–Crippen LogP) is 17.1. The van der Waals surface area contributed by atoms with Gasteiger partial charge in [-0.1, -0.05) is 152 Å². The number of rotatable bonds is 4. The molecule has 0 aliphatic heterocycles. The second kappa shape index (κ2) is 13.1. The Morgan fingerprint density at radius 3 is 1.70 bits per heavy atom. The minimum absolute atomic E-state index is 0.864. The zero-order chi connectivity index (χ0) is 41.2. The van der Waals surface area contributed by atoms with Gasteiger partial charge in [0.15, 0.2) is 0 Å². The highest BCUT2D eigenvalue weighted by Crippen LogP contribution is 2.47. The summed E-state index contributed by atoms with van der Waals surface area (Å²) < 4.78 is 9.30. The van der Waals surface area contributed by atoms with Gasteiger partial charge >= 0.3 is 0 Å². The van der Waals surface area contributed by atoms with Gasteiger partial charge in [-0.05, 0) is 121 Å². The van der Waals surface area contributed by atoms with E-state index in [0.717, 1.165) is 55.3 Å². The second-order valence-corrected chi connectivity index (χ2v) is 16.9. The molecule has 12 aromatic carbocycles. The van der Waals surface area contributed by atoms with Crippen LogP contribution in [0.25, 0.3) is 114 Å². The molecule has 0 unspecified atom stereocenters. The number of furan rings is 1. The molecule has 0 fully saturated rings. The van der Waals surface area contributed by atoms with E-state index in [1.165, 1.54) is 75.8 Å². The van der Waals surface area contributed by atoms with E-state index in [1.54, 1.807) is 0 Å². The van der Waals surface area contributed by atoms with E-state index in [0.29, 0.717) is 0 Å². The normalized spacial score (nSPS) is 12.1. The molecule has 3 nitrogen and oxygen atoms in total. The van der Waals surface area contributed by atoms with Crippen LogP contribution in [0, 0.1) is 0 Å². The first kappa shape index (κ1) is 34.3. The van der Waals surface area contributed by atoms with Gasteiger partial charge in [-0.2, -0.15) is 0 Å². The summed E-state index contributed by atoms with van der Waals surface area (Å²) in [5, 5.41) is 19.2. The second-order valence-electron chi connectivity index (χ2n) is 16.9. The molecule has 0 saturated heterocycles. The summed E-state index contributed by atoms with van der Waals surface area (Å²) in [4.78, 5) is 2.44. The number of benzene rings is 12. The SMILES string of the molecule is c1ccc2cc3c(cc2c1)c1cc(N(c2ccc4c(ccc5ccccc54)c2)c2cccc4oc5c6ccccc6ccc5c24)ccc1n3-c1cc2ccccc2c2ccccc12. The van der Waals surface area contributed by atoms with E-state index in [4.69, 9.17) is 4.42 Å². The fraction of sp³-hybridized carbons (Fsp3) is 0. The molecule has 0 radical (unpaired) electrons. The van der Waals surface area contributed by atoms with Gasteiger partial charge in [-0.3, -0.25) is 0 Å². The van der Waals surface area contributed by atoms with Gasteiger partial charge in [0.05, 0.1) is 27.8 Å². The highest BCUT2D eigenvalue weighted by Gasteiger charge is 2.23. The van der Waals surface area contributed by atoms with Crippen LogP contribution in [0.3, 0.4) is 0 Å². The van der Waals surface area contributed by atoms with E-state index in [-0.39, 0.29) is 0 Å². The third kappa shape index (κ3) is 5.02. The van der Waals surface area contributed by atoms with E-state index >= 15 is 0 Å².